The van der Waals surface area contributed by atoms with Crippen molar-refractivity contribution in [1.29, 1.82) is 0 Å². The van der Waals surface area contributed by atoms with Crippen LogP contribution in [0.4, 0.5) is 4.39 Å². The van der Waals surface area contributed by atoms with Gasteiger partial charge in [-0.15, -0.1) is 0 Å². The largest absolute Gasteiger partial charge is 0.299 e. The number of sulfonamides is 1. The fourth-order valence-electron chi connectivity index (χ4n) is 3.36. The van der Waals surface area contributed by atoms with Gasteiger partial charge in [0.05, 0.1) is 4.90 Å². The van der Waals surface area contributed by atoms with E-state index in [1.54, 1.807) is 6.92 Å². The van der Waals surface area contributed by atoms with Gasteiger partial charge in [-0.1, -0.05) is 36.4 Å². The highest BCUT2D eigenvalue weighted by Gasteiger charge is 2.23. The van der Waals surface area contributed by atoms with Crippen LogP contribution < -0.4 is 4.72 Å². The number of halogens is 1. The van der Waals surface area contributed by atoms with E-state index >= 15 is 0 Å². The number of nitrogens with one attached hydrogen (secondary N) is 1. The summed E-state index contributed by atoms with van der Waals surface area (Å²) in [5, 5.41) is 0. The maximum absolute atomic E-state index is 13.4. The number of piperidine rings is 1. The van der Waals surface area contributed by atoms with Crippen molar-refractivity contribution < 1.29 is 12.8 Å². The van der Waals surface area contributed by atoms with Gasteiger partial charge in [-0.05, 0) is 62.0 Å². The van der Waals surface area contributed by atoms with E-state index in [-0.39, 0.29) is 4.90 Å². The Labute approximate surface area is 155 Å². The summed E-state index contributed by atoms with van der Waals surface area (Å²) in [5.74, 6) is -0.226. The third kappa shape index (κ3) is 4.90. The summed E-state index contributed by atoms with van der Waals surface area (Å²) >= 11 is 0. The molecule has 6 heteroatoms. The van der Waals surface area contributed by atoms with E-state index in [1.807, 2.05) is 18.2 Å². The summed E-state index contributed by atoms with van der Waals surface area (Å²) in [6.45, 7) is 4.93. The average molecular weight is 376 g/mol. The van der Waals surface area contributed by atoms with Gasteiger partial charge in [-0.25, -0.2) is 17.5 Å². The molecule has 4 nitrogen and oxygen atoms in total. The van der Waals surface area contributed by atoms with Crippen molar-refractivity contribution in [1.82, 2.24) is 9.62 Å². The molecule has 0 bridgehead atoms. The van der Waals surface area contributed by atoms with E-state index in [2.05, 4.69) is 21.8 Å². The van der Waals surface area contributed by atoms with Gasteiger partial charge >= 0.3 is 0 Å². The molecule has 1 fully saturated rings. The molecule has 0 amide bonds. The molecular formula is C20H25FN2O2S. The number of benzene rings is 2. The Hall–Kier alpha value is -1.76. The Bertz CT molecular complexity index is 832. The lowest BCUT2D eigenvalue weighted by Gasteiger charge is -2.32. The second kappa shape index (κ2) is 8.29. The standard InChI is InChI=1S/C20H25FN2O2S/c1-16-7-8-19(21)13-20(16)26(24,25)22-14-17-9-11-23(12-10-17)15-18-5-3-2-4-6-18/h2-8,13,17,22H,9-12,14-15H2,1H3. The molecule has 0 atom stereocenters. The maximum atomic E-state index is 13.4. The van der Waals surface area contributed by atoms with Crippen LogP contribution in [0.2, 0.25) is 0 Å². The molecular weight excluding hydrogens is 351 g/mol. The monoisotopic (exact) mass is 376 g/mol. The lowest BCUT2D eigenvalue weighted by atomic mass is 9.97. The Morgan fingerprint density at radius 1 is 1.12 bits per heavy atom. The average Bonchev–Trinajstić information content (AvgIpc) is 2.64. The van der Waals surface area contributed by atoms with Crippen molar-refractivity contribution in [2.45, 2.75) is 31.2 Å². The summed E-state index contributed by atoms with van der Waals surface area (Å²) in [4.78, 5) is 2.43. The Kier molecular flexibility index (Phi) is 6.06. The fraction of sp³-hybridized carbons (Fsp3) is 0.400. The first kappa shape index (κ1) is 19.0. The molecule has 0 radical (unpaired) electrons. The predicted molar refractivity (Wildman–Crippen MR) is 101 cm³/mol. The van der Waals surface area contributed by atoms with Crippen LogP contribution in [0.25, 0.3) is 0 Å². The lowest BCUT2D eigenvalue weighted by molar-refractivity contribution is 0.178. The van der Waals surface area contributed by atoms with Gasteiger partial charge in [0, 0.05) is 13.1 Å². The zero-order chi connectivity index (χ0) is 18.6. The maximum Gasteiger partial charge on any atom is 0.240 e. The minimum Gasteiger partial charge on any atom is -0.299 e. The highest BCUT2D eigenvalue weighted by Crippen LogP contribution is 2.20. The molecule has 1 N–H and O–H groups in total. The molecule has 2 aromatic rings. The van der Waals surface area contributed by atoms with Gasteiger partial charge in [0.2, 0.25) is 10.0 Å². The van der Waals surface area contributed by atoms with Crippen LogP contribution in [0, 0.1) is 18.7 Å². The first-order valence-electron chi connectivity index (χ1n) is 8.96. The quantitative estimate of drug-likeness (QED) is 0.841. The summed E-state index contributed by atoms with van der Waals surface area (Å²) < 4.78 is 41.0. The van der Waals surface area contributed by atoms with E-state index in [0.717, 1.165) is 38.5 Å². The third-order valence-electron chi connectivity index (χ3n) is 4.96. The van der Waals surface area contributed by atoms with E-state index in [9.17, 15) is 12.8 Å². The highest BCUT2D eigenvalue weighted by molar-refractivity contribution is 7.89. The van der Waals surface area contributed by atoms with Crippen LogP contribution in [0.5, 0.6) is 0 Å². The molecule has 140 valence electrons. The number of hydrogen-bond acceptors (Lipinski definition) is 3. The van der Waals surface area contributed by atoms with Gasteiger partial charge in [0.25, 0.3) is 0 Å². The minimum atomic E-state index is -3.68. The molecule has 1 heterocycles. The van der Waals surface area contributed by atoms with Crippen LogP contribution in [0.3, 0.4) is 0 Å². The number of nitrogens with zero attached hydrogens (tertiary/aromatic N) is 1. The van der Waals surface area contributed by atoms with Crippen LogP contribution in [0.15, 0.2) is 53.4 Å². The second-order valence-electron chi connectivity index (χ2n) is 6.97. The Morgan fingerprint density at radius 2 is 1.81 bits per heavy atom. The first-order valence-corrected chi connectivity index (χ1v) is 10.4. The van der Waals surface area contributed by atoms with E-state index < -0.39 is 15.8 Å². The smallest absolute Gasteiger partial charge is 0.240 e. The molecule has 1 aliphatic rings. The number of hydrogen-bond donors (Lipinski definition) is 1. The SMILES string of the molecule is Cc1ccc(F)cc1S(=O)(=O)NCC1CCN(Cc2ccccc2)CC1. The van der Waals surface area contributed by atoms with Crippen LogP contribution in [-0.4, -0.2) is 33.0 Å². The fourth-order valence-corrected chi connectivity index (χ4v) is 4.73. The van der Waals surface area contributed by atoms with Gasteiger partial charge < -0.3 is 0 Å². The molecule has 2 aromatic carbocycles. The summed E-state index contributed by atoms with van der Waals surface area (Å²) in [5.41, 5.74) is 1.85. The molecule has 1 aliphatic heterocycles. The van der Waals surface area contributed by atoms with Crippen molar-refractivity contribution >= 4 is 10.0 Å². The minimum absolute atomic E-state index is 0.0269. The van der Waals surface area contributed by atoms with Crippen molar-refractivity contribution in [3.05, 3.63) is 65.5 Å². The Morgan fingerprint density at radius 3 is 2.50 bits per heavy atom. The molecule has 0 aromatic heterocycles. The zero-order valence-electron chi connectivity index (χ0n) is 15.0. The van der Waals surface area contributed by atoms with Gasteiger partial charge in [-0.2, -0.15) is 0 Å². The van der Waals surface area contributed by atoms with E-state index in [0.29, 0.717) is 18.0 Å². The van der Waals surface area contributed by atoms with Gasteiger partial charge in [0.15, 0.2) is 0 Å². The molecule has 26 heavy (non-hydrogen) atoms. The van der Waals surface area contributed by atoms with Crippen LogP contribution in [-0.2, 0) is 16.6 Å². The molecule has 0 aliphatic carbocycles. The van der Waals surface area contributed by atoms with E-state index in [4.69, 9.17) is 0 Å². The molecule has 0 spiro atoms. The topological polar surface area (TPSA) is 49.4 Å². The van der Waals surface area contributed by atoms with Crippen molar-refractivity contribution in [2.24, 2.45) is 5.92 Å². The third-order valence-corrected chi connectivity index (χ3v) is 6.52. The summed E-state index contributed by atoms with van der Waals surface area (Å²) in [6, 6.07) is 14.2. The first-order chi connectivity index (χ1) is 12.4. The number of rotatable bonds is 6. The number of aryl methyl sites for hydroxylation is 1. The van der Waals surface area contributed by atoms with Crippen LogP contribution in [0.1, 0.15) is 24.0 Å². The predicted octanol–water partition coefficient (Wildman–Crippen LogP) is 3.32. The normalized spacial score (nSPS) is 16.7. The van der Waals surface area contributed by atoms with Gasteiger partial charge in [0.1, 0.15) is 5.82 Å². The van der Waals surface area contributed by atoms with Crippen LogP contribution >= 0.6 is 0 Å². The van der Waals surface area contributed by atoms with Crippen molar-refractivity contribution in [3.63, 3.8) is 0 Å². The summed E-state index contributed by atoms with van der Waals surface area (Å²) in [6.07, 6.45) is 1.91. The zero-order valence-corrected chi connectivity index (χ0v) is 15.8. The highest BCUT2D eigenvalue weighted by atomic mass is 32.2. The van der Waals surface area contributed by atoms with Gasteiger partial charge in [-0.3, -0.25) is 4.90 Å². The van der Waals surface area contributed by atoms with E-state index in [1.165, 1.54) is 17.7 Å². The molecule has 0 saturated carbocycles. The molecule has 0 unspecified atom stereocenters. The van der Waals surface area contributed by atoms with Crippen molar-refractivity contribution in [2.75, 3.05) is 19.6 Å². The summed E-state index contributed by atoms with van der Waals surface area (Å²) in [7, 11) is -3.68. The molecule has 3 rings (SSSR count). The molecule has 1 saturated heterocycles. The van der Waals surface area contributed by atoms with Crippen molar-refractivity contribution in [3.8, 4) is 0 Å². The second-order valence-corrected chi connectivity index (χ2v) is 8.70. The lowest BCUT2D eigenvalue weighted by Crippen LogP contribution is -2.38. The number of likely N-dealkylation sites (tertiary alicyclic amines) is 1. The Balaban J connectivity index is 1.51.